The predicted molar refractivity (Wildman–Crippen MR) is 147 cm³/mol. The van der Waals surface area contributed by atoms with E-state index in [1.54, 1.807) is 0 Å². The largest absolute Gasteiger partial charge is 0.471 e. The minimum Gasteiger partial charge on any atom is -0.465 e. The molecule has 0 aliphatic heterocycles. The van der Waals surface area contributed by atoms with Gasteiger partial charge in [-0.15, -0.1) is 0 Å². The number of hydrogen-bond donors (Lipinski definition) is 0. The van der Waals surface area contributed by atoms with Gasteiger partial charge in [-0.2, -0.15) is 57.1 Å². The summed E-state index contributed by atoms with van der Waals surface area (Å²) in [6.07, 6.45) is -10.7. The molecule has 0 spiro atoms. The Morgan fingerprint density at radius 3 is 1.49 bits per heavy atom. The van der Waals surface area contributed by atoms with Gasteiger partial charge < -0.3 is 9.47 Å². The number of halogens is 13. The molecule has 0 amide bonds. The van der Waals surface area contributed by atoms with Crippen LogP contribution >= 0.6 is 0 Å². The van der Waals surface area contributed by atoms with Crippen molar-refractivity contribution in [2.45, 2.75) is 130 Å². The first-order valence-corrected chi connectivity index (χ1v) is 14.9. The van der Waals surface area contributed by atoms with Gasteiger partial charge in [-0.25, -0.2) is 0 Å². The highest BCUT2D eigenvalue weighted by Gasteiger charge is 2.91. The van der Waals surface area contributed by atoms with Crippen LogP contribution in [0.3, 0.4) is 0 Å². The predicted octanol–water partition coefficient (Wildman–Crippen LogP) is 11.1. The van der Waals surface area contributed by atoms with Gasteiger partial charge in [0, 0.05) is 6.42 Å². The number of aryl methyl sites for hydroxylation is 2. The molecular weight excluding hydrogens is 667 g/mol. The van der Waals surface area contributed by atoms with Crippen molar-refractivity contribution in [2.24, 2.45) is 16.7 Å². The second-order valence-corrected chi connectivity index (χ2v) is 12.5. The third kappa shape index (κ3) is 8.08. The minimum absolute atomic E-state index is 0.00362. The molecule has 1 aromatic rings. The molecule has 1 atom stereocenters. The molecule has 0 bridgehead atoms. The van der Waals surface area contributed by atoms with E-state index in [2.05, 4.69) is 11.7 Å². The first-order chi connectivity index (χ1) is 21.0. The van der Waals surface area contributed by atoms with E-state index in [1.807, 2.05) is 34.6 Å². The lowest BCUT2D eigenvalue weighted by Gasteiger charge is -2.40. The van der Waals surface area contributed by atoms with Gasteiger partial charge >= 0.3 is 41.9 Å². The van der Waals surface area contributed by atoms with Crippen LogP contribution in [0.5, 0.6) is 5.75 Å². The molecule has 47 heavy (non-hydrogen) atoms. The average molecular weight is 709 g/mol. The Kier molecular flexibility index (Phi) is 12.9. The Balaban J connectivity index is 3.27. The Labute approximate surface area is 265 Å². The molecule has 0 aliphatic rings. The number of ether oxygens (including phenoxy) is 2. The molecule has 0 radical (unpaired) electrons. The van der Waals surface area contributed by atoms with E-state index in [0.29, 0.717) is 37.0 Å². The zero-order chi connectivity index (χ0) is 37.2. The molecule has 16 heteroatoms. The summed E-state index contributed by atoms with van der Waals surface area (Å²) in [5, 5.41) is 0. The van der Waals surface area contributed by atoms with Crippen molar-refractivity contribution in [3.8, 4) is 5.75 Å². The Bertz CT molecular complexity index is 1190. The van der Waals surface area contributed by atoms with Crippen LogP contribution in [0.25, 0.3) is 0 Å². The van der Waals surface area contributed by atoms with Crippen molar-refractivity contribution in [1.29, 1.82) is 0 Å². The topological polar surface area (TPSA) is 35.5 Å². The van der Waals surface area contributed by atoms with Crippen LogP contribution in [0.4, 0.5) is 57.1 Å². The summed E-state index contributed by atoms with van der Waals surface area (Å²) in [6.45, 7) is 14.3. The molecule has 1 rings (SSSR count). The maximum atomic E-state index is 14.3. The summed E-state index contributed by atoms with van der Waals surface area (Å²) in [5.41, 5.74) is -0.201. The van der Waals surface area contributed by atoms with Crippen LogP contribution in [-0.2, 0) is 16.0 Å². The fourth-order valence-corrected chi connectivity index (χ4v) is 5.12. The molecule has 1 unspecified atom stereocenters. The molecule has 274 valence electrons. The van der Waals surface area contributed by atoms with Gasteiger partial charge in [-0.05, 0) is 72.8 Å². The number of esters is 1. The lowest BCUT2D eigenvalue weighted by molar-refractivity contribution is -0.456. The standard InChI is InChI=1S/C31H41F13O3/c1-9-24(7,10-2)17-22(25(8,11-3)12-4)23(45)46-14-13-21-18(5)15-20(16-19(21)6)47-31(43,44)29(38,39)27(34,35)26(32,33)28(36,37)30(40,41)42/h15-16,22H,9-14,17H2,1-8H3. The third-order valence-electron chi connectivity index (χ3n) is 9.56. The Morgan fingerprint density at radius 1 is 0.681 bits per heavy atom. The highest BCUT2D eigenvalue weighted by atomic mass is 19.4. The van der Waals surface area contributed by atoms with E-state index in [0.717, 1.165) is 12.8 Å². The highest BCUT2D eigenvalue weighted by molar-refractivity contribution is 5.73. The SMILES string of the molecule is CCC(C)(CC)CC(C(=O)OCCc1c(C)cc(OC(F)(F)C(F)(F)C(F)(F)C(F)(F)C(F)(F)C(F)(F)F)cc1C)C(C)(CC)CC. The first kappa shape index (κ1) is 42.6. The number of carbonyl (C=O) groups excluding carboxylic acids is 1. The van der Waals surface area contributed by atoms with Gasteiger partial charge in [-0.1, -0.05) is 54.4 Å². The summed E-state index contributed by atoms with van der Waals surface area (Å²) in [7, 11) is 0. The summed E-state index contributed by atoms with van der Waals surface area (Å²) < 4.78 is 184. The van der Waals surface area contributed by atoms with Crippen LogP contribution < -0.4 is 4.74 Å². The summed E-state index contributed by atoms with van der Waals surface area (Å²) >= 11 is 0. The third-order valence-corrected chi connectivity index (χ3v) is 9.56. The van der Waals surface area contributed by atoms with Gasteiger partial charge in [0.25, 0.3) is 0 Å². The van der Waals surface area contributed by atoms with Gasteiger partial charge in [0.2, 0.25) is 0 Å². The Morgan fingerprint density at radius 2 is 1.11 bits per heavy atom. The number of rotatable bonds is 17. The summed E-state index contributed by atoms with van der Waals surface area (Å²) in [4.78, 5) is 13.3. The smallest absolute Gasteiger partial charge is 0.465 e. The van der Waals surface area contributed by atoms with Crippen LogP contribution in [0, 0.1) is 30.6 Å². The lowest BCUT2D eigenvalue weighted by Crippen LogP contribution is -2.70. The van der Waals surface area contributed by atoms with E-state index in [-0.39, 0.29) is 35.0 Å². The maximum absolute atomic E-state index is 14.3. The molecule has 0 saturated carbocycles. The monoisotopic (exact) mass is 708 g/mol. The van der Waals surface area contributed by atoms with Crippen molar-refractivity contribution in [2.75, 3.05) is 6.61 Å². The van der Waals surface area contributed by atoms with Crippen molar-refractivity contribution < 1.29 is 71.3 Å². The minimum atomic E-state index is -8.02. The molecule has 0 aromatic heterocycles. The van der Waals surface area contributed by atoms with Gasteiger partial charge in [0.15, 0.2) is 0 Å². The van der Waals surface area contributed by atoms with E-state index in [9.17, 15) is 61.9 Å². The molecular formula is C31H41F13O3. The van der Waals surface area contributed by atoms with Crippen LogP contribution in [0.1, 0.15) is 90.3 Å². The van der Waals surface area contributed by atoms with E-state index in [4.69, 9.17) is 4.74 Å². The van der Waals surface area contributed by atoms with Gasteiger partial charge in [0.1, 0.15) is 5.75 Å². The molecule has 0 aliphatic carbocycles. The molecule has 0 N–H and O–H groups in total. The van der Waals surface area contributed by atoms with Crippen LogP contribution in [0.2, 0.25) is 0 Å². The molecule has 1 aromatic carbocycles. The highest BCUT2D eigenvalue weighted by Crippen LogP contribution is 2.60. The number of alkyl halides is 13. The van der Waals surface area contributed by atoms with E-state index in [1.165, 1.54) is 13.8 Å². The lowest BCUT2D eigenvalue weighted by atomic mass is 9.65. The fourth-order valence-electron chi connectivity index (χ4n) is 5.12. The first-order valence-electron chi connectivity index (χ1n) is 14.9. The molecule has 0 fully saturated rings. The zero-order valence-electron chi connectivity index (χ0n) is 27.3. The van der Waals surface area contributed by atoms with Crippen LogP contribution in [-0.4, -0.2) is 48.6 Å². The van der Waals surface area contributed by atoms with Crippen molar-refractivity contribution in [1.82, 2.24) is 0 Å². The average Bonchev–Trinajstić information content (AvgIpc) is 2.95. The normalized spacial score (nSPS) is 15.1. The van der Waals surface area contributed by atoms with Crippen molar-refractivity contribution in [3.63, 3.8) is 0 Å². The molecule has 0 heterocycles. The van der Waals surface area contributed by atoms with E-state index >= 15 is 0 Å². The summed E-state index contributed by atoms with van der Waals surface area (Å²) in [6, 6.07) is 1.22. The van der Waals surface area contributed by atoms with Crippen molar-refractivity contribution in [3.05, 3.63) is 28.8 Å². The number of hydrogen-bond acceptors (Lipinski definition) is 3. The van der Waals surface area contributed by atoms with Gasteiger partial charge in [-0.3, -0.25) is 4.79 Å². The van der Waals surface area contributed by atoms with Gasteiger partial charge in [0.05, 0.1) is 12.5 Å². The zero-order valence-corrected chi connectivity index (χ0v) is 27.3. The number of carbonyl (C=O) groups is 1. The molecule has 3 nitrogen and oxygen atoms in total. The van der Waals surface area contributed by atoms with Crippen molar-refractivity contribution >= 4 is 5.97 Å². The van der Waals surface area contributed by atoms with E-state index < -0.39 is 53.6 Å². The molecule has 0 saturated heterocycles. The number of benzene rings is 1. The Hall–Kier alpha value is -2.42. The summed E-state index contributed by atoms with van der Waals surface area (Å²) in [5.74, 6) is -33.6. The second-order valence-electron chi connectivity index (χ2n) is 12.5. The maximum Gasteiger partial charge on any atom is 0.471 e. The second kappa shape index (κ2) is 14.2. The fraction of sp³-hybridized carbons (Fsp3) is 0.774. The quantitative estimate of drug-likeness (QED) is 0.119. The van der Waals surface area contributed by atoms with Crippen LogP contribution in [0.15, 0.2) is 12.1 Å².